The summed E-state index contributed by atoms with van der Waals surface area (Å²) in [5, 5.41) is 7.44. The van der Waals surface area contributed by atoms with Crippen LogP contribution in [0.5, 0.6) is 0 Å². The van der Waals surface area contributed by atoms with Crippen LogP contribution in [0.2, 0.25) is 0 Å². The van der Waals surface area contributed by atoms with E-state index in [4.69, 9.17) is 4.74 Å². The zero-order valence-electron chi connectivity index (χ0n) is 19.8. The van der Waals surface area contributed by atoms with Gasteiger partial charge in [-0.2, -0.15) is 5.10 Å². The Labute approximate surface area is 199 Å². The highest BCUT2D eigenvalue weighted by molar-refractivity contribution is 6.00. The minimum atomic E-state index is -0.0463. The molecule has 0 spiro atoms. The lowest BCUT2D eigenvalue weighted by molar-refractivity contribution is 0.0304. The molecule has 2 fully saturated rings. The summed E-state index contributed by atoms with van der Waals surface area (Å²) in [7, 11) is 0. The van der Waals surface area contributed by atoms with Crippen molar-refractivity contribution in [2.24, 2.45) is 0 Å². The lowest BCUT2D eigenvalue weighted by Gasteiger charge is -2.32. The topological polar surface area (TPSA) is 79.2 Å². The molecule has 178 valence electrons. The second kappa shape index (κ2) is 9.46. The highest BCUT2D eigenvalue weighted by Crippen LogP contribution is 2.30. The van der Waals surface area contributed by atoms with Gasteiger partial charge in [0.2, 0.25) is 0 Å². The molecular formula is C26H31N5O3. The Kier molecular flexibility index (Phi) is 6.24. The minimum absolute atomic E-state index is 0.00772. The molecule has 5 rings (SSSR count). The van der Waals surface area contributed by atoms with Gasteiger partial charge in [0.25, 0.3) is 5.91 Å². The zero-order chi connectivity index (χ0) is 23.7. The fourth-order valence-electron chi connectivity index (χ4n) is 4.92. The number of aryl methyl sites for hydroxylation is 2. The Morgan fingerprint density at radius 2 is 1.76 bits per heavy atom. The third kappa shape index (κ3) is 4.50. The van der Waals surface area contributed by atoms with Gasteiger partial charge in [-0.25, -0.2) is 9.31 Å². The van der Waals surface area contributed by atoms with E-state index in [0.717, 1.165) is 29.6 Å². The van der Waals surface area contributed by atoms with Crippen molar-refractivity contribution in [1.29, 1.82) is 0 Å². The summed E-state index contributed by atoms with van der Waals surface area (Å²) in [4.78, 5) is 29.6. The number of aromatic nitrogens is 2. The Morgan fingerprint density at radius 3 is 2.50 bits per heavy atom. The van der Waals surface area contributed by atoms with E-state index in [0.29, 0.717) is 50.9 Å². The molecule has 0 atom stereocenters. The number of benzene rings is 1. The largest absolute Gasteiger partial charge is 0.378 e. The van der Waals surface area contributed by atoms with Crippen molar-refractivity contribution >= 4 is 23.1 Å². The maximum Gasteiger partial charge on any atom is 0.321 e. The van der Waals surface area contributed by atoms with Gasteiger partial charge in [0.15, 0.2) is 0 Å². The van der Waals surface area contributed by atoms with Crippen molar-refractivity contribution in [2.45, 2.75) is 32.6 Å². The molecule has 2 aromatic heterocycles. The molecule has 0 unspecified atom stereocenters. The first kappa shape index (κ1) is 22.4. The number of anilines is 1. The number of amides is 3. The summed E-state index contributed by atoms with van der Waals surface area (Å²) in [5.74, 6) is 0.352. The van der Waals surface area contributed by atoms with E-state index < -0.39 is 0 Å². The normalized spacial score (nSPS) is 17.2. The van der Waals surface area contributed by atoms with E-state index in [1.54, 1.807) is 10.7 Å². The molecule has 8 heteroatoms. The van der Waals surface area contributed by atoms with Crippen LogP contribution in [0.25, 0.3) is 5.52 Å². The number of piperidine rings is 1. The van der Waals surface area contributed by atoms with Crippen molar-refractivity contribution in [1.82, 2.24) is 19.4 Å². The average molecular weight is 462 g/mol. The van der Waals surface area contributed by atoms with Crippen molar-refractivity contribution in [2.75, 3.05) is 44.7 Å². The van der Waals surface area contributed by atoms with E-state index in [9.17, 15) is 9.59 Å². The average Bonchev–Trinajstić information content (AvgIpc) is 3.29. The van der Waals surface area contributed by atoms with Crippen LogP contribution >= 0.6 is 0 Å². The first-order chi connectivity index (χ1) is 16.5. The molecule has 4 heterocycles. The third-order valence-corrected chi connectivity index (χ3v) is 6.95. The number of nitrogens with zero attached hydrogens (tertiary/aromatic N) is 4. The first-order valence-electron chi connectivity index (χ1n) is 12.0. The maximum atomic E-state index is 13.0. The quantitative estimate of drug-likeness (QED) is 0.643. The highest BCUT2D eigenvalue weighted by Gasteiger charge is 2.26. The molecule has 34 heavy (non-hydrogen) atoms. The summed E-state index contributed by atoms with van der Waals surface area (Å²) < 4.78 is 7.14. The van der Waals surface area contributed by atoms with Crippen LogP contribution in [-0.4, -0.2) is 70.7 Å². The van der Waals surface area contributed by atoms with Crippen LogP contribution in [0, 0.1) is 13.8 Å². The van der Waals surface area contributed by atoms with E-state index >= 15 is 0 Å². The molecule has 8 nitrogen and oxygen atoms in total. The molecule has 3 aromatic rings. The number of urea groups is 1. The van der Waals surface area contributed by atoms with Crippen LogP contribution in [0.4, 0.5) is 10.5 Å². The summed E-state index contributed by atoms with van der Waals surface area (Å²) >= 11 is 0. The second-order valence-corrected chi connectivity index (χ2v) is 9.26. The molecule has 1 aromatic carbocycles. The summed E-state index contributed by atoms with van der Waals surface area (Å²) in [6.07, 6.45) is 5.37. The SMILES string of the molecule is Cc1ccc(NC(=O)N2CCC(c3ccn4ncc(C(=O)N5CCOCC5)c4c3)CC2)c(C)c1. The smallest absolute Gasteiger partial charge is 0.321 e. The van der Waals surface area contributed by atoms with E-state index in [1.165, 1.54) is 11.1 Å². The molecule has 0 radical (unpaired) electrons. The maximum absolute atomic E-state index is 13.0. The molecule has 2 aliphatic heterocycles. The second-order valence-electron chi connectivity index (χ2n) is 9.26. The number of morpholine rings is 1. The van der Waals surface area contributed by atoms with Gasteiger partial charge in [0.05, 0.1) is 30.5 Å². The van der Waals surface area contributed by atoms with Crippen LogP contribution in [-0.2, 0) is 4.74 Å². The Hall–Kier alpha value is -3.39. The van der Waals surface area contributed by atoms with E-state index in [1.807, 2.05) is 42.0 Å². The number of carbonyl (C=O) groups is 2. The van der Waals surface area contributed by atoms with Gasteiger partial charge < -0.3 is 19.9 Å². The van der Waals surface area contributed by atoms with Crippen molar-refractivity contribution in [3.8, 4) is 0 Å². The van der Waals surface area contributed by atoms with Crippen molar-refractivity contribution < 1.29 is 14.3 Å². The molecular weight excluding hydrogens is 430 g/mol. The van der Waals surface area contributed by atoms with Gasteiger partial charge in [0, 0.05) is 38.1 Å². The Bertz CT molecular complexity index is 1210. The number of nitrogens with one attached hydrogen (secondary N) is 1. The number of fused-ring (bicyclic) bond motifs is 1. The number of pyridine rings is 1. The summed E-state index contributed by atoms with van der Waals surface area (Å²) in [6, 6.07) is 10.2. The standard InChI is InChI=1S/C26H31N5O3/c1-18-3-4-23(19(2)15-18)28-26(33)30-8-5-20(6-9-30)21-7-10-31-24(16-21)22(17-27-31)25(32)29-11-13-34-14-12-29/h3-4,7,10,15-17,20H,5-6,8-9,11-14H2,1-2H3,(H,28,33). The van der Waals surface area contributed by atoms with Gasteiger partial charge >= 0.3 is 6.03 Å². The van der Waals surface area contributed by atoms with Gasteiger partial charge in [-0.15, -0.1) is 0 Å². The number of hydrogen-bond acceptors (Lipinski definition) is 4. The van der Waals surface area contributed by atoms with E-state index in [-0.39, 0.29) is 11.9 Å². The Morgan fingerprint density at radius 1 is 1.00 bits per heavy atom. The molecule has 0 bridgehead atoms. The Balaban J connectivity index is 1.25. The van der Waals surface area contributed by atoms with E-state index in [2.05, 4.69) is 28.6 Å². The first-order valence-corrected chi connectivity index (χ1v) is 12.0. The predicted octanol–water partition coefficient (Wildman–Crippen LogP) is 3.84. The summed E-state index contributed by atoms with van der Waals surface area (Å²) in [6.45, 7) is 7.83. The van der Waals surface area contributed by atoms with Gasteiger partial charge in [-0.3, -0.25) is 4.79 Å². The third-order valence-electron chi connectivity index (χ3n) is 6.95. The molecule has 0 saturated carbocycles. The number of hydrogen-bond donors (Lipinski definition) is 1. The molecule has 3 amide bonds. The highest BCUT2D eigenvalue weighted by atomic mass is 16.5. The fourth-order valence-corrected chi connectivity index (χ4v) is 4.92. The lowest BCUT2D eigenvalue weighted by atomic mass is 9.89. The van der Waals surface area contributed by atoms with Crippen LogP contribution in [0.1, 0.15) is 45.8 Å². The van der Waals surface area contributed by atoms with Gasteiger partial charge in [-0.05, 0) is 61.9 Å². The number of rotatable bonds is 3. The zero-order valence-corrected chi connectivity index (χ0v) is 19.8. The lowest BCUT2D eigenvalue weighted by Crippen LogP contribution is -2.40. The monoisotopic (exact) mass is 461 g/mol. The van der Waals surface area contributed by atoms with Gasteiger partial charge in [-0.1, -0.05) is 17.7 Å². The van der Waals surface area contributed by atoms with Gasteiger partial charge in [0.1, 0.15) is 0 Å². The summed E-state index contributed by atoms with van der Waals surface area (Å²) in [5.41, 5.74) is 5.78. The molecule has 0 aliphatic carbocycles. The van der Waals surface area contributed by atoms with Crippen LogP contribution < -0.4 is 5.32 Å². The molecule has 2 saturated heterocycles. The number of carbonyl (C=O) groups excluding carboxylic acids is 2. The number of likely N-dealkylation sites (tertiary alicyclic amines) is 1. The predicted molar refractivity (Wildman–Crippen MR) is 130 cm³/mol. The molecule has 1 N–H and O–H groups in total. The fraction of sp³-hybridized carbons (Fsp3) is 0.423. The van der Waals surface area contributed by atoms with Crippen molar-refractivity contribution in [3.05, 3.63) is 65.0 Å². The molecule has 2 aliphatic rings. The van der Waals surface area contributed by atoms with Crippen molar-refractivity contribution in [3.63, 3.8) is 0 Å². The number of ether oxygens (including phenoxy) is 1. The van der Waals surface area contributed by atoms with Crippen LogP contribution in [0.3, 0.4) is 0 Å². The minimum Gasteiger partial charge on any atom is -0.378 e. The van der Waals surface area contributed by atoms with Crippen LogP contribution in [0.15, 0.2) is 42.7 Å².